The number of nitrogen functional groups attached to an aromatic ring is 1. The second-order valence-electron chi connectivity index (χ2n) is 3.26. The molecule has 86 valence electrons. The van der Waals surface area contributed by atoms with Crippen molar-refractivity contribution in [2.75, 3.05) is 12.8 Å². The summed E-state index contributed by atoms with van der Waals surface area (Å²) in [6.07, 6.45) is 0.444. The fourth-order valence-corrected chi connectivity index (χ4v) is 1.43. The minimum absolute atomic E-state index is 0.0615. The first kappa shape index (κ1) is 12.0. The summed E-state index contributed by atoms with van der Waals surface area (Å²) in [6.45, 7) is 0. The highest BCUT2D eigenvalue weighted by molar-refractivity contribution is 5.95. The first-order valence-corrected chi connectivity index (χ1v) is 4.73. The number of esters is 1. The monoisotopic (exact) mass is 223 g/mol. The Kier molecular flexibility index (Phi) is 3.88. The molecule has 0 unspecified atom stereocenters. The minimum Gasteiger partial charge on any atom is -0.478 e. The van der Waals surface area contributed by atoms with Gasteiger partial charge in [0, 0.05) is 12.1 Å². The topological polar surface area (TPSA) is 89.6 Å². The molecule has 5 nitrogen and oxygen atoms in total. The van der Waals surface area contributed by atoms with Gasteiger partial charge in [-0.1, -0.05) is 12.1 Å². The first-order valence-electron chi connectivity index (χ1n) is 4.73. The molecule has 0 fully saturated rings. The molecule has 3 N–H and O–H groups in total. The molecule has 1 rings (SSSR count). The number of carboxylic acids is 1. The fraction of sp³-hybridized carbons (Fsp3) is 0.273. The Morgan fingerprint density at radius 1 is 1.44 bits per heavy atom. The molecule has 0 bridgehead atoms. The summed E-state index contributed by atoms with van der Waals surface area (Å²) < 4.78 is 4.48. The van der Waals surface area contributed by atoms with Gasteiger partial charge < -0.3 is 15.6 Å². The number of carbonyl (C=O) groups is 2. The molecule has 16 heavy (non-hydrogen) atoms. The molecule has 1 aromatic carbocycles. The maximum absolute atomic E-state index is 11.0. The van der Waals surface area contributed by atoms with E-state index in [0.29, 0.717) is 12.0 Å². The molecule has 0 amide bonds. The van der Waals surface area contributed by atoms with Crippen LogP contribution in [0.5, 0.6) is 0 Å². The van der Waals surface area contributed by atoms with Gasteiger partial charge in [-0.05, 0) is 18.1 Å². The summed E-state index contributed by atoms with van der Waals surface area (Å²) in [5, 5.41) is 8.97. The molecule has 0 radical (unpaired) electrons. The van der Waals surface area contributed by atoms with Crippen molar-refractivity contribution in [2.24, 2.45) is 0 Å². The van der Waals surface area contributed by atoms with Crippen LogP contribution in [-0.2, 0) is 16.0 Å². The lowest BCUT2D eigenvalue weighted by molar-refractivity contribution is -0.140. The summed E-state index contributed by atoms with van der Waals surface area (Å²) in [4.78, 5) is 21.9. The van der Waals surface area contributed by atoms with Crippen LogP contribution in [0, 0.1) is 0 Å². The van der Waals surface area contributed by atoms with Crippen molar-refractivity contribution in [1.82, 2.24) is 0 Å². The van der Waals surface area contributed by atoms with Gasteiger partial charge in [-0.2, -0.15) is 0 Å². The molecule has 0 saturated carbocycles. The Balaban J connectivity index is 2.91. The number of benzene rings is 1. The molecular formula is C11H13NO4. The Bertz CT molecular complexity index is 414. The van der Waals surface area contributed by atoms with Crippen molar-refractivity contribution in [3.05, 3.63) is 29.3 Å². The van der Waals surface area contributed by atoms with Crippen molar-refractivity contribution in [3.8, 4) is 0 Å². The lowest BCUT2D eigenvalue weighted by atomic mass is 10.0. The first-order chi connectivity index (χ1) is 7.56. The van der Waals surface area contributed by atoms with E-state index >= 15 is 0 Å². The Morgan fingerprint density at radius 3 is 2.69 bits per heavy atom. The van der Waals surface area contributed by atoms with Crippen LogP contribution in [0.3, 0.4) is 0 Å². The third-order valence-electron chi connectivity index (χ3n) is 2.22. The van der Waals surface area contributed by atoms with Crippen molar-refractivity contribution >= 4 is 17.6 Å². The number of hydrogen-bond acceptors (Lipinski definition) is 4. The van der Waals surface area contributed by atoms with E-state index in [-0.39, 0.29) is 23.6 Å². The number of anilines is 1. The van der Waals surface area contributed by atoms with Gasteiger partial charge in [-0.3, -0.25) is 4.79 Å². The summed E-state index contributed by atoms with van der Waals surface area (Å²) in [5.74, 6) is -1.46. The number of aryl methyl sites for hydroxylation is 1. The highest BCUT2D eigenvalue weighted by Gasteiger charge is 2.14. The molecule has 0 saturated heterocycles. The zero-order valence-electron chi connectivity index (χ0n) is 8.90. The molecule has 1 aromatic rings. The number of hydrogen-bond donors (Lipinski definition) is 2. The Hall–Kier alpha value is -2.04. The molecule has 5 heteroatoms. The zero-order chi connectivity index (χ0) is 12.1. The second-order valence-corrected chi connectivity index (χ2v) is 3.26. The van der Waals surface area contributed by atoms with E-state index in [4.69, 9.17) is 10.8 Å². The molecule has 0 aliphatic heterocycles. The number of carbonyl (C=O) groups excluding carboxylic acids is 1. The number of rotatable bonds is 4. The van der Waals surface area contributed by atoms with Gasteiger partial charge in [0.25, 0.3) is 0 Å². The van der Waals surface area contributed by atoms with Crippen LogP contribution in [0.15, 0.2) is 18.2 Å². The highest BCUT2D eigenvalue weighted by Crippen LogP contribution is 2.18. The minimum atomic E-state index is -1.09. The average Bonchev–Trinajstić information content (AvgIpc) is 2.25. The zero-order valence-corrected chi connectivity index (χ0v) is 8.90. The van der Waals surface area contributed by atoms with Gasteiger partial charge in [-0.15, -0.1) is 0 Å². The molecule has 0 atom stereocenters. The maximum Gasteiger partial charge on any atom is 0.338 e. The molecular weight excluding hydrogens is 210 g/mol. The molecule has 0 aliphatic rings. The summed E-state index contributed by atoms with van der Waals surface area (Å²) in [6, 6.07) is 4.82. The number of ether oxygens (including phenoxy) is 1. The number of aromatic carboxylic acids is 1. The smallest absolute Gasteiger partial charge is 0.338 e. The van der Waals surface area contributed by atoms with Gasteiger partial charge >= 0.3 is 11.9 Å². The van der Waals surface area contributed by atoms with Crippen LogP contribution in [0.4, 0.5) is 5.69 Å². The van der Waals surface area contributed by atoms with Crippen molar-refractivity contribution < 1.29 is 19.4 Å². The van der Waals surface area contributed by atoms with E-state index in [2.05, 4.69) is 4.74 Å². The van der Waals surface area contributed by atoms with Gasteiger partial charge in [0.15, 0.2) is 0 Å². The van der Waals surface area contributed by atoms with Crippen LogP contribution in [0.25, 0.3) is 0 Å². The van der Waals surface area contributed by atoms with Gasteiger partial charge in [-0.25, -0.2) is 4.79 Å². The van der Waals surface area contributed by atoms with E-state index in [9.17, 15) is 9.59 Å². The summed E-state index contributed by atoms with van der Waals surface area (Å²) in [7, 11) is 1.29. The van der Waals surface area contributed by atoms with Gasteiger partial charge in [0.2, 0.25) is 0 Å². The van der Waals surface area contributed by atoms with E-state index < -0.39 is 5.97 Å². The summed E-state index contributed by atoms with van der Waals surface area (Å²) in [5.41, 5.74) is 6.37. The molecule has 0 aliphatic carbocycles. The van der Waals surface area contributed by atoms with Crippen LogP contribution in [-0.4, -0.2) is 24.2 Å². The normalized spacial score (nSPS) is 9.81. The van der Waals surface area contributed by atoms with E-state index in [1.54, 1.807) is 12.1 Å². The number of nitrogens with two attached hydrogens (primary N) is 1. The molecule has 0 heterocycles. The predicted octanol–water partition coefficient (Wildman–Crippen LogP) is 1.07. The van der Waals surface area contributed by atoms with E-state index in [1.807, 2.05) is 0 Å². The van der Waals surface area contributed by atoms with Gasteiger partial charge in [0.05, 0.1) is 12.7 Å². The summed E-state index contributed by atoms with van der Waals surface area (Å²) >= 11 is 0. The SMILES string of the molecule is COC(=O)CCc1cccc(N)c1C(=O)O. The molecule has 0 aromatic heterocycles. The Morgan fingerprint density at radius 2 is 2.12 bits per heavy atom. The van der Waals surface area contributed by atoms with E-state index in [1.165, 1.54) is 13.2 Å². The second kappa shape index (κ2) is 5.16. The van der Waals surface area contributed by atoms with Crippen LogP contribution in [0.2, 0.25) is 0 Å². The number of methoxy groups -OCH3 is 1. The lowest BCUT2D eigenvalue weighted by Crippen LogP contribution is -2.09. The predicted molar refractivity (Wildman–Crippen MR) is 58.2 cm³/mol. The average molecular weight is 223 g/mol. The van der Waals surface area contributed by atoms with Gasteiger partial charge in [0.1, 0.15) is 0 Å². The molecule has 0 spiro atoms. The fourth-order valence-electron chi connectivity index (χ4n) is 1.43. The van der Waals surface area contributed by atoms with Crippen molar-refractivity contribution in [3.63, 3.8) is 0 Å². The largest absolute Gasteiger partial charge is 0.478 e. The van der Waals surface area contributed by atoms with Crippen LogP contribution < -0.4 is 5.73 Å². The van der Waals surface area contributed by atoms with Crippen molar-refractivity contribution in [2.45, 2.75) is 12.8 Å². The quantitative estimate of drug-likeness (QED) is 0.588. The van der Waals surface area contributed by atoms with Crippen LogP contribution in [0.1, 0.15) is 22.3 Å². The van der Waals surface area contributed by atoms with Crippen LogP contribution >= 0.6 is 0 Å². The standard InChI is InChI=1S/C11H13NO4/c1-16-9(13)6-5-7-3-2-4-8(12)10(7)11(14)15/h2-4H,5-6,12H2,1H3,(H,14,15). The highest BCUT2D eigenvalue weighted by atomic mass is 16.5. The van der Waals surface area contributed by atoms with E-state index in [0.717, 1.165) is 0 Å². The Labute approximate surface area is 92.8 Å². The third-order valence-corrected chi connectivity index (χ3v) is 2.22. The number of carboxylic acid groups (broad SMARTS) is 1. The third kappa shape index (κ3) is 2.73. The van der Waals surface area contributed by atoms with Crippen molar-refractivity contribution in [1.29, 1.82) is 0 Å². The lowest BCUT2D eigenvalue weighted by Gasteiger charge is -2.07. The maximum atomic E-state index is 11.0.